The molecule has 32 heavy (non-hydrogen) atoms. The highest BCUT2D eigenvalue weighted by Crippen LogP contribution is 2.33. The van der Waals surface area contributed by atoms with Crippen LogP contribution in [0.1, 0.15) is 36.2 Å². The fourth-order valence-electron chi connectivity index (χ4n) is 3.14. The molecule has 2 aromatic rings. The van der Waals surface area contributed by atoms with Crippen LogP contribution in [-0.4, -0.2) is 59.8 Å². The number of hydrogen-bond acceptors (Lipinski definition) is 7. The van der Waals surface area contributed by atoms with Gasteiger partial charge in [0.15, 0.2) is 0 Å². The molecule has 0 saturated carbocycles. The van der Waals surface area contributed by atoms with E-state index in [-0.39, 0.29) is 23.8 Å². The summed E-state index contributed by atoms with van der Waals surface area (Å²) < 4.78 is 44.8. The molecule has 8 nitrogen and oxygen atoms in total. The van der Waals surface area contributed by atoms with E-state index in [0.29, 0.717) is 30.7 Å². The van der Waals surface area contributed by atoms with Gasteiger partial charge in [-0.15, -0.1) is 5.10 Å². The van der Waals surface area contributed by atoms with Crippen LogP contribution in [0.25, 0.3) is 0 Å². The quantitative estimate of drug-likeness (QED) is 0.692. The summed E-state index contributed by atoms with van der Waals surface area (Å²) in [4.78, 5) is 27.7. The zero-order valence-electron chi connectivity index (χ0n) is 17.7. The maximum absolute atomic E-state index is 13.2. The van der Waals surface area contributed by atoms with Crippen LogP contribution < -0.4 is 15.0 Å². The number of benzene rings is 1. The van der Waals surface area contributed by atoms with Crippen molar-refractivity contribution in [3.05, 3.63) is 35.4 Å². The summed E-state index contributed by atoms with van der Waals surface area (Å²) in [6, 6.07) is 4.78. The SMILES string of the molecule is CC(C)CCNC(=O)Oc1nnc(N2CCN(C(=O)c3ccccc3C(F)(F)F)CC2)s1. The van der Waals surface area contributed by atoms with Crippen molar-refractivity contribution in [1.82, 2.24) is 20.4 Å². The summed E-state index contributed by atoms with van der Waals surface area (Å²) in [6.07, 6.45) is -4.38. The van der Waals surface area contributed by atoms with E-state index in [1.165, 1.54) is 23.1 Å². The van der Waals surface area contributed by atoms with Crippen LogP contribution in [0.15, 0.2) is 24.3 Å². The Morgan fingerprint density at radius 1 is 1.16 bits per heavy atom. The number of nitrogens with one attached hydrogen (secondary N) is 1. The first-order valence-corrected chi connectivity index (χ1v) is 11.0. The van der Waals surface area contributed by atoms with Crippen molar-refractivity contribution in [1.29, 1.82) is 0 Å². The Balaban J connectivity index is 1.54. The van der Waals surface area contributed by atoms with Gasteiger partial charge in [0.05, 0.1) is 11.1 Å². The molecule has 1 aliphatic heterocycles. The minimum absolute atomic E-state index is 0.0969. The van der Waals surface area contributed by atoms with Gasteiger partial charge >= 0.3 is 17.5 Å². The molecule has 1 aliphatic rings. The molecule has 12 heteroatoms. The molecule has 1 fully saturated rings. The van der Waals surface area contributed by atoms with Gasteiger partial charge in [-0.3, -0.25) is 4.79 Å². The smallest absolute Gasteiger partial charge is 0.380 e. The number of anilines is 1. The molecule has 0 atom stereocenters. The van der Waals surface area contributed by atoms with Crippen molar-refractivity contribution in [2.45, 2.75) is 26.4 Å². The predicted octanol–water partition coefficient (Wildman–Crippen LogP) is 3.65. The van der Waals surface area contributed by atoms with Crippen molar-refractivity contribution < 1.29 is 27.5 Å². The molecule has 2 heterocycles. The molecular weight excluding hydrogens is 447 g/mol. The number of rotatable bonds is 6. The van der Waals surface area contributed by atoms with Gasteiger partial charge in [-0.05, 0) is 35.8 Å². The Labute approximate surface area is 187 Å². The van der Waals surface area contributed by atoms with Crippen molar-refractivity contribution in [2.75, 3.05) is 37.6 Å². The van der Waals surface area contributed by atoms with Crippen molar-refractivity contribution in [3.63, 3.8) is 0 Å². The van der Waals surface area contributed by atoms with Gasteiger partial charge in [0.2, 0.25) is 5.13 Å². The average Bonchev–Trinajstić information content (AvgIpc) is 3.21. The summed E-state index contributed by atoms with van der Waals surface area (Å²) in [6.45, 7) is 5.80. The van der Waals surface area contributed by atoms with Crippen LogP contribution >= 0.6 is 11.3 Å². The Morgan fingerprint density at radius 2 is 1.84 bits per heavy atom. The largest absolute Gasteiger partial charge is 0.417 e. The third-order valence-electron chi connectivity index (χ3n) is 4.87. The van der Waals surface area contributed by atoms with Gasteiger partial charge in [-0.25, -0.2) is 4.79 Å². The summed E-state index contributed by atoms with van der Waals surface area (Å²) in [5.74, 6) is -0.201. The molecule has 0 aliphatic carbocycles. The summed E-state index contributed by atoms with van der Waals surface area (Å²) in [5, 5.41) is 11.1. The number of ether oxygens (including phenoxy) is 1. The van der Waals surface area contributed by atoms with Crippen LogP contribution in [0.2, 0.25) is 0 Å². The van der Waals surface area contributed by atoms with Crippen molar-refractivity contribution in [3.8, 4) is 5.19 Å². The zero-order valence-corrected chi connectivity index (χ0v) is 18.5. The highest BCUT2D eigenvalue weighted by atomic mass is 32.1. The third-order valence-corrected chi connectivity index (χ3v) is 5.73. The number of amides is 2. The molecule has 0 unspecified atom stereocenters. The molecule has 0 radical (unpaired) electrons. The normalized spacial score (nSPS) is 14.6. The lowest BCUT2D eigenvalue weighted by atomic mass is 10.1. The molecule has 2 amide bonds. The second-order valence-electron chi connectivity index (χ2n) is 7.67. The predicted molar refractivity (Wildman–Crippen MR) is 113 cm³/mol. The summed E-state index contributed by atoms with van der Waals surface area (Å²) in [7, 11) is 0. The summed E-state index contributed by atoms with van der Waals surface area (Å²) in [5.41, 5.74) is -1.30. The number of nitrogens with zero attached hydrogens (tertiary/aromatic N) is 4. The number of halogens is 3. The van der Waals surface area contributed by atoms with E-state index in [1.54, 1.807) is 0 Å². The number of piperazine rings is 1. The van der Waals surface area contributed by atoms with Gasteiger partial charge in [0, 0.05) is 32.7 Å². The minimum atomic E-state index is -4.60. The first-order chi connectivity index (χ1) is 15.1. The van der Waals surface area contributed by atoms with Crippen molar-refractivity contribution >= 4 is 28.5 Å². The molecule has 1 aromatic carbocycles. The lowest BCUT2D eigenvalue weighted by Gasteiger charge is -2.34. The van der Waals surface area contributed by atoms with E-state index in [1.807, 2.05) is 18.7 Å². The second kappa shape index (κ2) is 10.2. The first kappa shape index (κ1) is 23.8. The number of carbonyl (C=O) groups is 2. The Kier molecular flexibility index (Phi) is 7.54. The zero-order chi connectivity index (χ0) is 23.3. The molecule has 1 aromatic heterocycles. The standard InChI is InChI=1S/C20H24F3N5O3S/c1-13(2)7-8-24-18(30)31-19-26-25-17(32-19)28-11-9-27(10-12-28)16(29)14-5-3-4-6-15(14)20(21,22)23/h3-6,13H,7-12H2,1-2H3,(H,24,30). The van der Waals surface area contributed by atoms with E-state index in [2.05, 4.69) is 15.5 Å². The van der Waals surface area contributed by atoms with Crippen LogP contribution in [0, 0.1) is 5.92 Å². The summed E-state index contributed by atoms with van der Waals surface area (Å²) >= 11 is 1.09. The molecule has 3 rings (SSSR count). The monoisotopic (exact) mass is 471 g/mol. The Morgan fingerprint density at radius 3 is 2.50 bits per heavy atom. The Hall–Kier alpha value is -2.89. The molecular formula is C20H24F3N5O3S. The van der Waals surface area contributed by atoms with Gasteiger partial charge in [0.25, 0.3) is 5.91 Å². The number of alkyl halides is 3. The van der Waals surface area contributed by atoms with Crippen LogP contribution in [0.5, 0.6) is 5.19 Å². The van der Waals surface area contributed by atoms with E-state index < -0.39 is 23.7 Å². The maximum Gasteiger partial charge on any atom is 0.417 e. The average molecular weight is 472 g/mol. The fraction of sp³-hybridized carbons (Fsp3) is 0.500. The van der Waals surface area contributed by atoms with E-state index in [4.69, 9.17) is 4.74 Å². The maximum atomic E-state index is 13.2. The highest BCUT2D eigenvalue weighted by molar-refractivity contribution is 7.17. The van der Waals surface area contributed by atoms with E-state index >= 15 is 0 Å². The van der Waals surface area contributed by atoms with Gasteiger partial charge in [-0.2, -0.15) is 13.2 Å². The minimum Gasteiger partial charge on any atom is -0.380 e. The first-order valence-electron chi connectivity index (χ1n) is 10.1. The van der Waals surface area contributed by atoms with Gasteiger partial charge in [-0.1, -0.05) is 31.1 Å². The van der Waals surface area contributed by atoms with Crippen molar-refractivity contribution in [2.24, 2.45) is 5.92 Å². The van der Waals surface area contributed by atoms with Crippen LogP contribution in [0.3, 0.4) is 0 Å². The Bertz CT molecular complexity index is 943. The number of carbonyl (C=O) groups excluding carboxylic acids is 2. The lowest BCUT2D eigenvalue weighted by Crippen LogP contribution is -2.49. The highest BCUT2D eigenvalue weighted by Gasteiger charge is 2.36. The lowest BCUT2D eigenvalue weighted by molar-refractivity contribution is -0.138. The number of aromatic nitrogens is 2. The molecule has 174 valence electrons. The molecule has 1 N–H and O–H groups in total. The topological polar surface area (TPSA) is 87.7 Å². The molecule has 0 spiro atoms. The van der Waals surface area contributed by atoms with Gasteiger partial charge in [0.1, 0.15) is 0 Å². The second-order valence-corrected chi connectivity index (χ2v) is 8.59. The van der Waals surface area contributed by atoms with E-state index in [0.717, 1.165) is 23.8 Å². The number of hydrogen-bond donors (Lipinski definition) is 1. The van der Waals surface area contributed by atoms with Crippen LogP contribution in [0.4, 0.5) is 23.1 Å². The molecule has 1 saturated heterocycles. The van der Waals surface area contributed by atoms with Gasteiger partial charge < -0.3 is 19.9 Å². The van der Waals surface area contributed by atoms with Crippen LogP contribution in [-0.2, 0) is 6.18 Å². The molecule has 0 bridgehead atoms. The fourth-order valence-corrected chi connectivity index (χ4v) is 3.89. The van der Waals surface area contributed by atoms with E-state index in [9.17, 15) is 22.8 Å². The third kappa shape index (κ3) is 6.09.